The van der Waals surface area contributed by atoms with Crippen LogP contribution in [-0.2, 0) is 0 Å². The molecule has 0 aromatic heterocycles. The van der Waals surface area contributed by atoms with E-state index in [9.17, 15) is 13.2 Å². The highest BCUT2D eigenvalue weighted by atomic mass is 79.9. The molecule has 9 heavy (non-hydrogen) atoms. The minimum Gasteiger partial charge on any atom is -0.171 e. The monoisotopic (exact) mass is 202 g/mol. The van der Waals surface area contributed by atoms with E-state index in [4.69, 9.17) is 0 Å². The molecule has 54 valence electrons. The standard InChI is InChI=1S/C5H6BrF3/c6-4-2-1-3(4)5(7,8)9/h3-4H,1-2H2. The number of alkyl halides is 4. The Balaban J connectivity index is 2.44. The van der Waals surface area contributed by atoms with Crippen LogP contribution in [0.1, 0.15) is 12.8 Å². The van der Waals surface area contributed by atoms with Crippen LogP contribution < -0.4 is 0 Å². The molecule has 0 N–H and O–H groups in total. The molecule has 2 unspecified atom stereocenters. The quantitative estimate of drug-likeness (QED) is 0.531. The van der Waals surface area contributed by atoms with Crippen LogP contribution in [0.15, 0.2) is 0 Å². The Morgan fingerprint density at radius 1 is 1.22 bits per heavy atom. The highest BCUT2D eigenvalue weighted by Crippen LogP contribution is 2.44. The lowest BCUT2D eigenvalue weighted by atomic mass is 9.85. The summed E-state index contributed by atoms with van der Waals surface area (Å²) >= 11 is 2.94. The van der Waals surface area contributed by atoms with Gasteiger partial charge in [0, 0.05) is 4.83 Å². The van der Waals surface area contributed by atoms with Crippen LogP contribution in [0.3, 0.4) is 0 Å². The zero-order valence-corrected chi connectivity index (χ0v) is 6.17. The van der Waals surface area contributed by atoms with Crippen LogP contribution in [0.5, 0.6) is 0 Å². The summed E-state index contributed by atoms with van der Waals surface area (Å²) in [6.07, 6.45) is -3.03. The van der Waals surface area contributed by atoms with Gasteiger partial charge in [0.2, 0.25) is 0 Å². The first kappa shape index (κ1) is 7.38. The average Bonchev–Trinajstić information content (AvgIpc) is 1.57. The highest BCUT2D eigenvalue weighted by Gasteiger charge is 2.48. The van der Waals surface area contributed by atoms with E-state index in [1.807, 2.05) is 0 Å². The van der Waals surface area contributed by atoms with Gasteiger partial charge in [-0.05, 0) is 12.8 Å². The molecule has 0 radical (unpaired) electrons. The molecule has 4 heteroatoms. The van der Waals surface area contributed by atoms with Crippen molar-refractivity contribution < 1.29 is 13.2 Å². The van der Waals surface area contributed by atoms with Crippen molar-refractivity contribution in [3.63, 3.8) is 0 Å². The molecule has 0 amide bonds. The van der Waals surface area contributed by atoms with Gasteiger partial charge in [-0.1, -0.05) is 15.9 Å². The van der Waals surface area contributed by atoms with Crippen molar-refractivity contribution >= 4 is 15.9 Å². The molecule has 0 saturated heterocycles. The Labute approximate surface area is 59.6 Å². The molecule has 0 bridgehead atoms. The van der Waals surface area contributed by atoms with Crippen molar-refractivity contribution in [2.45, 2.75) is 23.8 Å². The third-order valence-electron chi connectivity index (χ3n) is 1.61. The summed E-state index contributed by atoms with van der Waals surface area (Å²) in [5.41, 5.74) is 0. The summed E-state index contributed by atoms with van der Waals surface area (Å²) in [7, 11) is 0. The maximum Gasteiger partial charge on any atom is 0.392 e. The smallest absolute Gasteiger partial charge is 0.171 e. The third-order valence-corrected chi connectivity index (χ3v) is 2.71. The molecule has 1 rings (SSSR count). The van der Waals surface area contributed by atoms with E-state index in [2.05, 4.69) is 15.9 Å². The third kappa shape index (κ3) is 1.39. The van der Waals surface area contributed by atoms with E-state index < -0.39 is 12.1 Å². The molecular formula is C5H6BrF3. The summed E-state index contributed by atoms with van der Waals surface area (Å²) in [6, 6.07) is 0. The molecule has 1 aliphatic carbocycles. The van der Waals surface area contributed by atoms with Gasteiger partial charge >= 0.3 is 6.18 Å². The van der Waals surface area contributed by atoms with Gasteiger partial charge in [-0.25, -0.2) is 0 Å². The second-order valence-corrected chi connectivity index (χ2v) is 3.42. The largest absolute Gasteiger partial charge is 0.392 e. The van der Waals surface area contributed by atoms with Crippen LogP contribution in [0, 0.1) is 5.92 Å². The molecule has 0 aliphatic heterocycles. The minimum absolute atomic E-state index is 0.291. The van der Waals surface area contributed by atoms with Gasteiger partial charge < -0.3 is 0 Å². The molecule has 1 aliphatic rings. The molecular weight excluding hydrogens is 197 g/mol. The molecule has 2 atom stereocenters. The molecule has 1 fully saturated rings. The predicted molar refractivity (Wildman–Crippen MR) is 31.5 cm³/mol. The lowest BCUT2D eigenvalue weighted by Crippen LogP contribution is -2.38. The first-order chi connectivity index (χ1) is 4.02. The second kappa shape index (κ2) is 2.15. The fourth-order valence-electron chi connectivity index (χ4n) is 0.828. The lowest BCUT2D eigenvalue weighted by molar-refractivity contribution is -0.190. The van der Waals surface area contributed by atoms with Gasteiger partial charge in [-0.2, -0.15) is 13.2 Å². The number of hydrogen-bond donors (Lipinski definition) is 0. The molecule has 0 aromatic carbocycles. The van der Waals surface area contributed by atoms with Crippen molar-refractivity contribution in [2.75, 3.05) is 0 Å². The predicted octanol–water partition coefficient (Wildman–Crippen LogP) is 2.72. The number of hydrogen-bond acceptors (Lipinski definition) is 0. The van der Waals surface area contributed by atoms with Gasteiger partial charge in [0.25, 0.3) is 0 Å². The highest BCUT2D eigenvalue weighted by molar-refractivity contribution is 9.09. The van der Waals surface area contributed by atoms with E-state index in [0.717, 1.165) is 0 Å². The van der Waals surface area contributed by atoms with Crippen LogP contribution in [0.2, 0.25) is 0 Å². The Morgan fingerprint density at radius 2 is 1.78 bits per heavy atom. The summed E-state index contributed by atoms with van der Waals surface area (Å²) in [4.78, 5) is -0.322. The summed E-state index contributed by atoms with van der Waals surface area (Å²) in [5.74, 6) is -1.09. The van der Waals surface area contributed by atoms with Crippen molar-refractivity contribution in [3.05, 3.63) is 0 Å². The Kier molecular flexibility index (Phi) is 1.76. The summed E-state index contributed by atoms with van der Waals surface area (Å²) in [6.45, 7) is 0. The van der Waals surface area contributed by atoms with Gasteiger partial charge in [0.15, 0.2) is 0 Å². The van der Waals surface area contributed by atoms with E-state index in [1.165, 1.54) is 0 Å². The minimum atomic E-state index is -3.98. The summed E-state index contributed by atoms with van der Waals surface area (Å²) < 4.78 is 35.2. The number of rotatable bonds is 0. The Bertz CT molecular complexity index is 109. The van der Waals surface area contributed by atoms with Crippen LogP contribution >= 0.6 is 15.9 Å². The average molecular weight is 203 g/mol. The van der Waals surface area contributed by atoms with Gasteiger partial charge in [-0.15, -0.1) is 0 Å². The zero-order chi connectivity index (χ0) is 7.07. The Hall–Kier alpha value is 0.270. The van der Waals surface area contributed by atoms with Crippen LogP contribution in [0.25, 0.3) is 0 Å². The van der Waals surface area contributed by atoms with Crippen molar-refractivity contribution in [3.8, 4) is 0 Å². The second-order valence-electron chi connectivity index (χ2n) is 2.24. The van der Waals surface area contributed by atoms with Crippen LogP contribution in [0.4, 0.5) is 13.2 Å². The molecule has 0 spiro atoms. The summed E-state index contributed by atoms with van der Waals surface area (Å²) in [5, 5.41) is 0. The van der Waals surface area contributed by atoms with E-state index >= 15 is 0 Å². The Morgan fingerprint density at radius 3 is 1.78 bits per heavy atom. The fraction of sp³-hybridized carbons (Fsp3) is 1.00. The van der Waals surface area contributed by atoms with E-state index in [-0.39, 0.29) is 4.83 Å². The topological polar surface area (TPSA) is 0 Å². The van der Waals surface area contributed by atoms with Gasteiger partial charge in [0.05, 0.1) is 5.92 Å². The fourth-order valence-corrected chi connectivity index (χ4v) is 1.66. The van der Waals surface area contributed by atoms with E-state index in [1.54, 1.807) is 0 Å². The van der Waals surface area contributed by atoms with Crippen molar-refractivity contribution in [1.82, 2.24) is 0 Å². The first-order valence-electron chi connectivity index (χ1n) is 2.72. The zero-order valence-electron chi connectivity index (χ0n) is 4.58. The van der Waals surface area contributed by atoms with Crippen molar-refractivity contribution in [1.29, 1.82) is 0 Å². The maximum atomic E-state index is 11.7. The lowest BCUT2D eigenvalue weighted by Gasteiger charge is -2.33. The number of halogens is 4. The van der Waals surface area contributed by atoms with Gasteiger partial charge in [0.1, 0.15) is 0 Å². The van der Waals surface area contributed by atoms with E-state index in [0.29, 0.717) is 12.8 Å². The first-order valence-corrected chi connectivity index (χ1v) is 3.64. The molecule has 0 heterocycles. The van der Waals surface area contributed by atoms with Gasteiger partial charge in [-0.3, -0.25) is 0 Å². The van der Waals surface area contributed by atoms with Crippen molar-refractivity contribution in [2.24, 2.45) is 5.92 Å². The molecule has 0 nitrogen and oxygen atoms in total. The molecule has 0 aromatic rings. The maximum absolute atomic E-state index is 11.7. The SMILES string of the molecule is FC(F)(F)C1CCC1Br. The normalized spacial score (nSPS) is 36.0. The van der Waals surface area contributed by atoms with Crippen LogP contribution in [-0.4, -0.2) is 11.0 Å². The molecule has 1 saturated carbocycles.